The zero-order valence-electron chi connectivity index (χ0n) is 12.7. The highest BCUT2D eigenvalue weighted by Gasteiger charge is 2.34. The molecule has 22 heavy (non-hydrogen) atoms. The van der Waals surface area contributed by atoms with Crippen LogP contribution in [-0.2, 0) is 16.1 Å². The van der Waals surface area contributed by atoms with Crippen molar-refractivity contribution in [3.63, 3.8) is 0 Å². The highest BCUT2D eigenvalue weighted by molar-refractivity contribution is 5.77. The summed E-state index contributed by atoms with van der Waals surface area (Å²) in [6.07, 6.45) is 3.28. The van der Waals surface area contributed by atoms with E-state index >= 15 is 0 Å². The van der Waals surface area contributed by atoms with Crippen LogP contribution in [0.2, 0.25) is 0 Å². The second-order valence-electron chi connectivity index (χ2n) is 5.97. The number of hydrogen-bond acceptors (Lipinski definition) is 3. The minimum absolute atomic E-state index is 0.164. The van der Waals surface area contributed by atoms with Crippen LogP contribution in [0.4, 0.5) is 4.79 Å². The number of hydrogen-bond donors (Lipinski definition) is 0. The van der Waals surface area contributed by atoms with Gasteiger partial charge in [-0.2, -0.15) is 0 Å². The quantitative estimate of drug-likeness (QED) is 0.861. The Morgan fingerprint density at radius 2 is 2.00 bits per heavy atom. The Balaban J connectivity index is 1.49. The van der Waals surface area contributed by atoms with Crippen molar-refractivity contribution >= 4 is 12.0 Å². The maximum Gasteiger partial charge on any atom is 0.410 e. The monoisotopic (exact) mass is 302 g/mol. The van der Waals surface area contributed by atoms with E-state index in [4.69, 9.17) is 4.74 Å². The summed E-state index contributed by atoms with van der Waals surface area (Å²) in [5.74, 6) is 0.232. The Labute approximate surface area is 130 Å². The summed E-state index contributed by atoms with van der Waals surface area (Å²) < 4.78 is 5.36. The summed E-state index contributed by atoms with van der Waals surface area (Å²) in [6, 6.07) is 9.83. The normalized spacial score (nSPS) is 22.0. The van der Waals surface area contributed by atoms with Gasteiger partial charge in [-0.15, -0.1) is 0 Å². The van der Waals surface area contributed by atoms with E-state index in [0.29, 0.717) is 26.1 Å². The molecular formula is C17H22N2O3. The van der Waals surface area contributed by atoms with Gasteiger partial charge in [0.15, 0.2) is 0 Å². The fourth-order valence-corrected chi connectivity index (χ4v) is 3.19. The first kappa shape index (κ1) is 14.9. The minimum Gasteiger partial charge on any atom is -0.445 e. The van der Waals surface area contributed by atoms with Crippen molar-refractivity contribution in [1.29, 1.82) is 0 Å². The van der Waals surface area contributed by atoms with Crippen LogP contribution < -0.4 is 0 Å². The zero-order chi connectivity index (χ0) is 15.4. The minimum atomic E-state index is -0.282. The molecule has 1 aromatic carbocycles. The molecule has 0 aromatic heterocycles. The van der Waals surface area contributed by atoms with E-state index in [0.717, 1.165) is 31.4 Å². The van der Waals surface area contributed by atoms with Gasteiger partial charge in [0.2, 0.25) is 5.91 Å². The number of ether oxygens (including phenoxy) is 1. The molecule has 0 spiro atoms. The van der Waals surface area contributed by atoms with Crippen LogP contribution in [0.5, 0.6) is 0 Å². The van der Waals surface area contributed by atoms with Crippen LogP contribution >= 0.6 is 0 Å². The largest absolute Gasteiger partial charge is 0.445 e. The molecule has 0 radical (unpaired) electrons. The third-order valence-electron chi connectivity index (χ3n) is 4.43. The SMILES string of the molecule is O=C(OCc1ccccc1)N1CCC(N2CCCCC2=O)C1. The average molecular weight is 302 g/mol. The lowest BCUT2D eigenvalue weighted by atomic mass is 10.1. The molecule has 0 saturated carbocycles. The van der Waals surface area contributed by atoms with E-state index in [1.807, 2.05) is 35.2 Å². The summed E-state index contributed by atoms with van der Waals surface area (Å²) in [6.45, 7) is 2.39. The first-order chi connectivity index (χ1) is 10.7. The Kier molecular flexibility index (Phi) is 4.61. The second-order valence-corrected chi connectivity index (χ2v) is 5.97. The predicted molar refractivity (Wildman–Crippen MR) is 82.2 cm³/mol. The van der Waals surface area contributed by atoms with Crippen molar-refractivity contribution in [2.75, 3.05) is 19.6 Å². The lowest BCUT2D eigenvalue weighted by molar-refractivity contribution is -0.135. The number of benzene rings is 1. The van der Waals surface area contributed by atoms with E-state index in [9.17, 15) is 9.59 Å². The zero-order valence-corrected chi connectivity index (χ0v) is 12.7. The molecule has 2 heterocycles. The van der Waals surface area contributed by atoms with E-state index in [2.05, 4.69) is 0 Å². The van der Waals surface area contributed by atoms with E-state index in [-0.39, 0.29) is 18.0 Å². The Hall–Kier alpha value is -2.04. The van der Waals surface area contributed by atoms with Crippen LogP contribution in [0, 0.1) is 0 Å². The standard InChI is InChI=1S/C17H22N2O3/c20-16-8-4-5-10-19(16)15-9-11-18(12-15)17(21)22-13-14-6-2-1-3-7-14/h1-3,6-7,15H,4-5,8-13H2. The number of likely N-dealkylation sites (tertiary alicyclic amines) is 2. The lowest BCUT2D eigenvalue weighted by Crippen LogP contribution is -2.45. The molecule has 2 fully saturated rings. The van der Waals surface area contributed by atoms with Gasteiger partial charge in [-0.3, -0.25) is 4.79 Å². The average Bonchev–Trinajstić information content (AvgIpc) is 3.04. The van der Waals surface area contributed by atoms with Crippen molar-refractivity contribution in [3.05, 3.63) is 35.9 Å². The van der Waals surface area contributed by atoms with E-state index < -0.39 is 0 Å². The van der Waals surface area contributed by atoms with Gasteiger partial charge in [-0.1, -0.05) is 30.3 Å². The molecule has 2 saturated heterocycles. The molecule has 1 aromatic rings. The highest BCUT2D eigenvalue weighted by Crippen LogP contribution is 2.21. The fraction of sp³-hybridized carbons (Fsp3) is 0.529. The van der Waals surface area contributed by atoms with Crippen molar-refractivity contribution < 1.29 is 14.3 Å². The van der Waals surface area contributed by atoms with Gasteiger partial charge in [0, 0.05) is 26.1 Å². The van der Waals surface area contributed by atoms with Crippen molar-refractivity contribution in [1.82, 2.24) is 9.80 Å². The third kappa shape index (κ3) is 3.40. The highest BCUT2D eigenvalue weighted by atomic mass is 16.6. The number of piperidine rings is 1. The van der Waals surface area contributed by atoms with E-state index in [1.54, 1.807) is 4.90 Å². The molecule has 118 valence electrons. The summed E-state index contributed by atoms with van der Waals surface area (Å²) in [7, 11) is 0. The topological polar surface area (TPSA) is 49.9 Å². The molecular weight excluding hydrogens is 280 g/mol. The molecule has 5 nitrogen and oxygen atoms in total. The molecule has 0 aliphatic carbocycles. The Bertz CT molecular complexity index is 532. The molecule has 2 amide bonds. The van der Waals surface area contributed by atoms with Gasteiger partial charge in [-0.25, -0.2) is 4.79 Å². The van der Waals surface area contributed by atoms with Gasteiger partial charge in [0.05, 0.1) is 6.04 Å². The van der Waals surface area contributed by atoms with Crippen LogP contribution in [0.15, 0.2) is 30.3 Å². The van der Waals surface area contributed by atoms with Gasteiger partial charge in [-0.05, 0) is 24.8 Å². The van der Waals surface area contributed by atoms with Crippen molar-refractivity contribution in [2.45, 2.75) is 38.3 Å². The molecule has 1 unspecified atom stereocenters. The maximum absolute atomic E-state index is 12.1. The maximum atomic E-state index is 12.1. The van der Waals surface area contributed by atoms with Gasteiger partial charge in [0.25, 0.3) is 0 Å². The van der Waals surface area contributed by atoms with Gasteiger partial charge < -0.3 is 14.5 Å². The van der Waals surface area contributed by atoms with Crippen LogP contribution in [-0.4, -0.2) is 47.5 Å². The van der Waals surface area contributed by atoms with Crippen molar-refractivity contribution in [2.24, 2.45) is 0 Å². The van der Waals surface area contributed by atoms with Gasteiger partial charge in [0.1, 0.15) is 6.61 Å². The summed E-state index contributed by atoms with van der Waals surface area (Å²) >= 11 is 0. The number of amides is 2. The molecule has 2 aliphatic rings. The Morgan fingerprint density at radius 3 is 2.77 bits per heavy atom. The second kappa shape index (κ2) is 6.81. The van der Waals surface area contributed by atoms with Crippen LogP contribution in [0.3, 0.4) is 0 Å². The first-order valence-corrected chi connectivity index (χ1v) is 7.99. The first-order valence-electron chi connectivity index (χ1n) is 7.99. The number of carbonyl (C=O) groups excluding carboxylic acids is 2. The van der Waals surface area contributed by atoms with Crippen LogP contribution in [0.1, 0.15) is 31.2 Å². The summed E-state index contributed by atoms with van der Waals surface area (Å²) in [5, 5.41) is 0. The van der Waals surface area contributed by atoms with Crippen molar-refractivity contribution in [3.8, 4) is 0 Å². The van der Waals surface area contributed by atoms with Gasteiger partial charge >= 0.3 is 6.09 Å². The smallest absolute Gasteiger partial charge is 0.410 e. The molecule has 0 bridgehead atoms. The number of nitrogens with zero attached hydrogens (tertiary/aromatic N) is 2. The molecule has 2 aliphatic heterocycles. The molecule has 5 heteroatoms. The summed E-state index contributed by atoms with van der Waals surface area (Å²) in [5.41, 5.74) is 0.984. The van der Waals surface area contributed by atoms with E-state index in [1.165, 1.54) is 0 Å². The van der Waals surface area contributed by atoms with Crippen LogP contribution in [0.25, 0.3) is 0 Å². The predicted octanol–water partition coefficient (Wildman–Crippen LogP) is 2.41. The Morgan fingerprint density at radius 1 is 1.18 bits per heavy atom. The number of carbonyl (C=O) groups is 2. The molecule has 3 rings (SSSR count). The summed E-state index contributed by atoms with van der Waals surface area (Å²) in [4.78, 5) is 27.8. The third-order valence-corrected chi connectivity index (χ3v) is 4.43. The molecule has 0 N–H and O–H groups in total. The fourth-order valence-electron chi connectivity index (χ4n) is 3.19. The lowest BCUT2D eigenvalue weighted by Gasteiger charge is -2.32. The number of rotatable bonds is 3. The molecule has 1 atom stereocenters.